The van der Waals surface area contributed by atoms with Gasteiger partial charge < -0.3 is 5.32 Å². The van der Waals surface area contributed by atoms with E-state index in [1.807, 2.05) is 12.1 Å². The molecule has 0 amide bonds. The van der Waals surface area contributed by atoms with Crippen LogP contribution in [0, 0.1) is 0 Å². The van der Waals surface area contributed by atoms with E-state index < -0.39 is 0 Å². The van der Waals surface area contributed by atoms with Crippen molar-refractivity contribution in [1.29, 1.82) is 0 Å². The zero-order chi connectivity index (χ0) is 12.5. The Balaban J connectivity index is 1.98. The maximum Gasteiger partial charge on any atom is 0.224 e. The van der Waals surface area contributed by atoms with E-state index in [9.17, 15) is 0 Å². The molecule has 5 heteroatoms. The van der Waals surface area contributed by atoms with Gasteiger partial charge in [-0.25, -0.2) is 4.98 Å². The van der Waals surface area contributed by atoms with E-state index >= 15 is 0 Å². The van der Waals surface area contributed by atoms with E-state index in [-0.39, 0.29) is 5.28 Å². The Labute approximate surface area is 115 Å². The zero-order valence-electron chi connectivity index (χ0n) is 9.58. The van der Waals surface area contributed by atoms with Crippen molar-refractivity contribution in [3.05, 3.63) is 45.8 Å². The average molecular weight is 280 g/mol. The van der Waals surface area contributed by atoms with Crippen LogP contribution in [0.5, 0.6) is 0 Å². The predicted molar refractivity (Wildman–Crippen MR) is 73.8 cm³/mol. The lowest BCUT2D eigenvalue weighted by Crippen LogP contribution is -1.99. The highest BCUT2D eigenvalue weighted by Crippen LogP contribution is 2.32. The molecule has 1 aliphatic carbocycles. The Morgan fingerprint density at radius 3 is 2.94 bits per heavy atom. The Kier molecular flexibility index (Phi) is 3.10. The molecule has 1 aliphatic rings. The van der Waals surface area contributed by atoms with Gasteiger partial charge in [-0.3, -0.25) is 0 Å². The molecule has 2 aromatic rings. The second-order valence-electron chi connectivity index (χ2n) is 4.26. The fraction of sp³-hybridized carbons (Fsp3) is 0.231. The summed E-state index contributed by atoms with van der Waals surface area (Å²) in [6.45, 7) is 0. The molecule has 0 unspecified atom stereocenters. The first kappa shape index (κ1) is 11.8. The van der Waals surface area contributed by atoms with Gasteiger partial charge in [-0.1, -0.05) is 23.7 Å². The molecule has 0 radical (unpaired) electrons. The molecule has 1 N–H and O–H groups in total. The van der Waals surface area contributed by atoms with Gasteiger partial charge in [0.25, 0.3) is 0 Å². The van der Waals surface area contributed by atoms with Gasteiger partial charge in [0.15, 0.2) is 5.82 Å². The van der Waals surface area contributed by atoms with Crippen molar-refractivity contribution in [2.75, 3.05) is 5.32 Å². The van der Waals surface area contributed by atoms with Crippen LogP contribution in [0.25, 0.3) is 0 Å². The van der Waals surface area contributed by atoms with Crippen molar-refractivity contribution in [2.24, 2.45) is 0 Å². The molecule has 0 saturated carbocycles. The van der Waals surface area contributed by atoms with Crippen molar-refractivity contribution in [1.82, 2.24) is 9.97 Å². The van der Waals surface area contributed by atoms with Crippen LogP contribution in [0.15, 0.2) is 24.4 Å². The molecule has 3 nitrogen and oxygen atoms in total. The topological polar surface area (TPSA) is 37.8 Å². The van der Waals surface area contributed by atoms with E-state index in [0.29, 0.717) is 10.8 Å². The van der Waals surface area contributed by atoms with Gasteiger partial charge in [0.2, 0.25) is 5.28 Å². The fourth-order valence-electron chi connectivity index (χ4n) is 2.30. The van der Waals surface area contributed by atoms with Crippen LogP contribution >= 0.6 is 23.2 Å². The standard InChI is InChI=1S/C13H11Cl2N3/c14-10-7-16-13(15)18-12(10)17-11-6-2-4-8-3-1-5-9(8)11/h2,4,6-7H,1,3,5H2,(H,16,17,18). The van der Waals surface area contributed by atoms with Gasteiger partial charge >= 0.3 is 0 Å². The summed E-state index contributed by atoms with van der Waals surface area (Å²) >= 11 is 11.8. The van der Waals surface area contributed by atoms with Gasteiger partial charge in [0.1, 0.15) is 5.02 Å². The Hall–Kier alpha value is -1.32. The lowest BCUT2D eigenvalue weighted by molar-refractivity contribution is 0.912. The Bertz CT molecular complexity index is 599. The Morgan fingerprint density at radius 1 is 1.17 bits per heavy atom. The van der Waals surface area contributed by atoms with Crippen molar-refractivity contribution >= 4 is 34.7 Å². The minimum absolute atomic E-state index is 0.189. The molecule has 18 heavy (non-hydrogen) atoms. The minimum atomic E-state index is 0.189. The smallest absolute Gasteiger partial charge is 0.224 e. The molecule has 0 fully saturated rings. The first-order valence-electron chi connectivity index (χ1n) is 5.80. The highest BCUT2D eigenvalue weighted by molar-refractivity contribution is 6.33. The maximum atomic E-state index is 6.05. The number of fused-ring (bicyclic) bond motifs is 1. The van der Waals surface area contributed by atoms with Crippen LogP contribution in [0.2, 0.25) is 10.3 Å². The number of nitrogens with one attached hydrogen (secondary N) is 1. The molecular weight excluding hydrogens is 269 g/mol. The third-order valence-electron chi connectivity index (χ3n) is 3.11. The second kappa shape index (κ2) is 4.75. The molecule has 0 atom stereocenters. The second-order valence-corrected chi connectivity index (χ2v) is 5.00. The molecule has 3 rings (SSSR count). The monoisotopic (exact) mass is 279 g/mol. The van der Waals surface area contributed by atoms with Gasteiger partial charge in [0, 0.05) is 5.69 Å². The Morgan fingerprint density at radius 2 is 2.06 bits per heavy atom. The van der Waals surface area contributed by atoms with Crippen LogP contribution < -0.4 is 5.32 Å². The number of aromatic nitrogens is 2. The molecule has 92 valence electrons. The molecule has 1 aromatic carbocycles. The van der Waals surface area contributed by atoms with Crippen LogP contribution in [-0.4, -0.2) is 9.97 Å². The number of hydrogen-bond donors (Lipinski definition) is 1. The van der Waals surface area contributed by atoms with Gasteiger partial charge in [-0.15, -0.1) is 0 Å². The molecule has 1 aromatic heterocycles. The summed E-state index contributed by atoms with van der Waals surface area (Å²) in [6.07, 6.45) is 4.94. The number of anilines is 2. The fourth-order valence-corrected chi connectivity index (χ4v) is 2.57. The number of rotatable bonds is 2. The largest absolute Gasteiger partial charge is 0.339 e. The first-order valence-corrected chi connectivity index (χ1v) is 6.55. The summed E-state index contributed by atoms with van der Waals surface area (Å²) in [5.41, 5.74) is 3.81. The van der Waals surface area contributed by atoms with Gasteiger partial charge in [-0.05, 0) is 48.1 Å². The highest BCUT2D eigenvalue weighted by atomic mass is 35.5. The normalized spacial score (nSPS) is 13.4. The molecular formula is C13H11Cl2N3. The summed E-state index contributed by atoms with van der Waals surface area (Å²) in [4.78, 5) is 7.94. The van der Waals surface area contributed by atoms with Crippen molar-refractivity contribution in [3.63, 3.8) is 0 Å². The maximum absolute atomic E-state index is 6.05. The summed E-state index contributed by atoms with van der Waals surface area (Å²) in [6, 6.07) is 6.25. The number of benzene rings is 1. The number of halogens is 2. The molecule has 0 aliphatic heterocycles. The first-order chi connectivity index (χ1) is 8.74. The number of aryl methyl sites for hydroxylation is 1. The molecule has 0 bridgehead atoms. The van der Waals surface area contributed by atoms with Crippen molar-refractivity contribution < 1.29 is 0 Å². The van der Waals surface area contributed by atoms with Crippen LogP contribution in [0.4, 0.5) is 11.5 Å². The summed E-state index contributed by atoms with van der Waals surface area (Å²) < 4.78 is 0. The van der Waals surface area contributed by atoms with E-state index in [2.05, 4.69) is 21.4 Å². The number of hydrogen-bond acceptors (Lipinski definition) is 3. The molecule has 0 spiro atoms. The summed E-state index contributed by atoms with van der Waals surface area (Å²) in [7, 11) is 0. The highest BCUT2D eigenvalue weighted by Gasteiger charge is 2.15. The summed E-state index contributed by atoms with van der Waals surface area (Å²) in [5, 5.41) is 3.90. The van der Waals surface area contributed by atoms with Crippen LogP contribution in [0.1, 0.15) is 17.5 Å². The predicted octanol–water partition coefficient (Wildman–Crippen LogP) is 4.02. The minimum Gasteiger partial charge on any atom is -0.339 e. The summed E-state index contributed by atoms with van der Waals surface area (Å²) in [5.74, 6) is 0.553. The van der Waals surface area contributed by atoms with E-state index in [0.717, 1.165) is 18.5 Å². The zero-order valence-corrected chi connectivity index (χ0v) is 11.1. The molecule has 1 heterocycles. The average Bonchev–Trinajstić information content (AvgIpc) is 2.83. The van der Waals surface area contributed by atoms with E-state index in [4.69, 9.17) is 23.2 Å². The van der Waals surface area contributed by atoms with Crippen molar-refractivity contribution in [3.8, 4) is 0 Å². The third kappa shape index (κ3) is 2.16. The molecule has 0 saturated heterocycles. The lowest BCUT2D eigenvalue weighted by Gasteiger charge is -2.11. The van der Waals surface area contributed by atoms with E-state index in [1.165, 1.54) is 23.7 Å². The van der Waals surface area contributed by atoms with Crippen LogP contribution in [-0.2, 0) is 12.8 Å². The lowest BCUT2D eigenvalue weighted by atomic mass is 10.1. The quantitative estimate of drug-likeness (QED) is 0.844. The number of nitrogens with zero attached hydrogens (tertiary/aromatic N) is 2. The van der Waals surface area contributed by atoms with E-state index in [1.54, 1.807) is 0 Å². The van der Waals surface area contributed by atoms with Crippen LogP contribution in [0.3, 0.4) is 0 Å². The SMILES string of the molecule is Clc1ncc(Cl)c(Nc2cccc3c2CCC3)n1. The van der Waals surface area contributed by atoms with Crippen molar-refractivity contribution in [2.45, 2.75) is 19.3 Å². The van der Waals surface area contributed by atoms with Gasteiger partial charge in [0.05, 0.1) is 6.20 Å². The van der Waals surface area contributed by atoms with Gasteiger partial charge in [-0.2, -0.15) is 4.98 Å². The third-order valence-corrected chi connectivity index (χ3v) is 3.57.